The second kappa shape index (κ2) is 4.93. The number of halogens is 3. The zero-order valence-electron chi connectivity index (χ0n) is 10.1. The Balaban J connectivity index is 2.25. The molecule has 0 bridgehead atoms. The fourth-order valence-corrected chi connectivity index (χ4v) is 1.67. The third-order valence-corrected chi connectivity index (χ3v) is 2.48. The first-order valence-corrected chi connectivity index (χ1v) is 5.51. The van der Waals surface area contributed by atoms with Gasteiger partial charge in [0.2, 0.25) is 0 Å². The van der Waals surface area contributed by atoms with Gasteiger partial charge in [0.25, 0.3) is 0 Å². The summed E-state index contributed by atoms with van der Waals surface area (Å²) in [6.07, 6.45) is -1.52. The second-order valence-electron chi connectivity index (χ2n) is 4.02. The summed E-state index contributed by atoms with van der Waals surface area (Å²) in [6.45, 7) is 1.80. The Morgan fingerprint density at radius 3 is 2.42 bits per heavy atom. The van der Waals surface area contributed by atoms with Crippen molar-refractivity contribution in [3.05, 3.63) is 42.5 Å². The van der Waals surface area contributed by atoms with Crippen molar-refractivity contribution >= 4 is 0 Å². The highest BCUT2D eigenvalue weighted by Crippen LogP contribution is 2.24. The normalized spacial score (nSPS) is 13.3. The molecule has 0 fully saturated rings. The van der Waals surface area contributed by atoms with Crippen molar-refractivity contribution in [3.63, 3.8) is 0 Å². The average Bonchev–Trinajstić information content (AvgIpc) is 2.76. The van der Waals surface area contributed by atoms with Crippen molar-refractivity contribution in [3.8, 4) is 11.4 Å². The third kappa shape index (κ3) is 3.25. The van der Waals surface area contributed by atoms with Crippen LogP contribution in [0.15, 0.2) is 36.8 Å². The molecule has 1 aromatic heterocycles. The summed E-state index contributed by atoms with van der Waals surface area (Å²) in [4.78, 5) is 3.97. The van der Waals surface area contributed by atoms with Gasteiger partial charge in [-0.1, -0.05) is 0 Å². The second-order valence-corrected chi connectivity index (χ2v) is 4.02. The van der Waals surface area contributed by atoms with E-state index in [2.05, 4.69) is 9.72 Å². The maximum atomic E-state index is 12.0. The van der Waals surface area contributed by atoms with Crippen LogP contribution < -0.4 is 10.5 Å². The topological polar surface area (TPSA) is 53.1 Å². The molecule has 2 N–H and O–H groups in total. The molecule has 7 heteroatoms. The molecule has 0 aliphatic carbocycles. The third-order valence-electron chi connectivity index (χ3n) is 2.48. The first kappa shape index (κ1) is 13.4. The van der Waals surface area contributed by atoms with Gasteiger partial charge in [0.05, 0.1) is 18.2 Å². The molecule has 1 aromatic carbocycles. The summed E-state index contributed by atoms with van der Waals surface area (Å²) in [7, 11) is 0. The Kier molecular flexibility index (Phi) is 3.48. The van der Waals surface area contributed by atoms with Gasteiger partial charge in [0, 0.05) is 11.7 Å². The summed E-state index contributed by atoms with van der Waals surface area (Å²) in [5.74, 6) is -0.265. The number of aromatic nitrogens is 2. The summed E-state index contributed by atoms with van der Waals surface area (Å²) in [5.41, 5.74) is 7.21. The van der Waals surface area contributed by atoms with E-state index >= 15 is 0 Å². The number of benzene rings is 1. The van der Waals surface area contributed by atoms with Gasteiger partial charge in [-0.2, -0.15) is 0 Å². The van der Waals surface area contributed by atoms with Gasteiger partial charge < -0.3 is 15.0 Å². The summed E-state index contributed by atoms with van der Waals surface area (Å²) >= 11 is 0. The molecule has 19 heavy (non-hydrogen) atoms. The van der Waals surface area contributed by atoms with Crippen LogP contribution in [0.2, 0.25) is 0 Å². The highest BCUT2D eigenvalue weighted by Gasteiger charge is 2.30. The lowest BCUT2D eigenvalue weighted by Gasteiger charge is -2.12. The molecule has 2 aromatic rings. The van der Waals surface area contributed by atoms with Crippen molar-refractivity contribution in [1.82, 2.24) is 9.55 Å². The number of imidazole rings is 1. The molecule has 0 aliphatic heterocycles. The Morgan fingerprint density at radius 1 is 1.26 bits per heavy atom. The van der Waals surface area contributed by atoms with Gasteiger partial charge in [0.15, 0.2) is 0 Å². The number of nitrogens with zero attached hydrogens (tertiary/aromatic N) is 2. The van der Waals surface area contributed by atoms with Gasteiger partial charge in [-0.15, -0.1) is 13.2 Å². The Labute approximate surface area is 107 Å². The van der Waals surface area contributed by atoms with E-state index in [0.717, 1.165) is 5.69 Å². The average molecular weight is 271 g/mol. The van der Waals surface area contributed by atoms with Crippen LogP contribution >= 0.6 is 0 Å². The molecule has 0 aliphatic rings. The standard InChI is InChI=1S/C12H12F3N3O/c1-8(16)11-6-17-7-18(11)9-2-4-10(5-3-9)19-12(13,14)15/h2-8H,16H2,1H3. The molecular formula is C12H12F3N3O. The van der Waals surface area contributed by atoms with E-state index in [4.69, 9.17) is 5.73 Å². The van der Waals surface area contributed by atoms with E-state index in [1.807, 2.05) is 0 Å². The first-order chi connectivity index (χ1) is 8.87. The van der Waals surface area contributed by atoms with Gasteiger partial charge in [-0.25, -0.2) is 4.98 Å². The van der Waals surface area contributed by atoms with Gasteiger partial charge in [-0.3, -0.25) is 0 Å². The van der Waals surface area contributed by atoms with Crippen molar-refractivity contribution in [2.75, 3.05) is 0 Å². The van der Waals surface area contributed by atoms with Crippen LogP contribution in [0, 0.1) is 0 Å². The van der Waals surface area contributed by atoms with Crippen molar-refractivity contribution in [1.29, 1.82) is 0 Å². The van der Waals surface area contributed by atoms with E-state index in [9.17, 15) is 13.2 Å². The van der Waals surface area contributed by atoms with Crippen LogP contribution in [0.4, 0.5) is 13.2 Å². The van der Waals surface area contributed by atoms with Crippen molar-refractivity contribution in [2.45, 2.75) is 19.3 Å². The first-order valence-electron chi connectivity index (χ1n) is 5.51. The zero-order chi connectivity index (χ0) is 14.0. The Hall–Kier alpha value is -2.02. The molecule has 1 atom stereocenters. The van der Waals surface area contributed by atoms with E-state index in [0.29, 0.717) is 5.69 Å². The molecule has 102 valence electrons. The highest BCUT2D eigenvalue weighted by molar-refractivity contribution is 5.39. The van der Waals surface area contributed by atoms with Crippen LogP contribution in [-0.2, 0) is 0 Å². The number of hydrogen-bond acceptors (Lipinski definition) is 3. The molecule has 0 saturated carbocycles. The minimum atomic E-state index is -4.69. The maximum Gasteiger partial charge on any atom is 0.573 e. The minimum Gasteiger partial charge on any atom is -0.406 e. The van der Waals surface area contributed by atoms with Crippen LogP contribution in [0.5, 0.6) is 5.75 Å². The molecule has 1 heterocycles. The summed E-state index contributed by atoms with van der Waals surface area (Å²) in [5, 5.41) is 0. The molecule has 4 nitrogen and oxygen atoms in total. The lowest BCUT2D eigenvalue weighted by atomic mass is 10.2. The highest BCUT2D eigenvalue weighted by atomic mass is 19.4. The lowest BCUT2D eigenvalue weighted by molar-refractivity contribution is -0.274. The largest absolute Gasteiger partial charge is 0.573 e. The Morgan fingerprint density at radius 2 is 1.89 bits per heavy atom. The quantitative estimate of drug-likeness (QED) is 0.933. The number of ether oxygens (including phenoxy) is 1. The van der Waals surface area contributed by atoms with E-state index in [1.165, 1.54) is 24.3 Å². The number of alkyl halides is 3. The maximum absolute atomic E-state index is 12.0. The van der Waals surface area contributed by atoms with Crippen LogP contribution in [0.1, 0.15) is 18.7 Å². The summed E-state index contributed by atoms with van der Waals surface area (Å²) in [6, 6.07) is 5.28. The van der Waals surface area contributed by atoms with Crippen molar-refractivity contribution in [2.24, 2.45) is 5.73 Å². The SMILES string of the molecule is CC(N)c1cncn1-c1ccc(OC(F)(F)F)cc1. The number of nitrogens with two attached hydrogens (primary N) is 1. The molecule has 0 saturated heterocycles. The molecule has 1 unspecified atom stereocenters. The fourth-order valence-electron chi connectivity index (χ4n) is 1.67. The lowest BCUT2D eigenvalue weighted by Crippen LogP contribution is -2.17. The van der Waals surface area contributed by atoms with Crippen LogP contribution in [0.25, 0.3) is 5.69 Å². The monoisotopic (exact) mass is 271 g/mol. The molecule has 2 rings (SSSR count). The molecular weight excluding hydrogens is 259 g/mol. The van der Waals surface area contributed by atoms with Gasteiger partial charge in [0.1, 0.15) is 5.75 Å². The zero-order valence-corrected chi connectivity index (χ0v) is 10.1. The minimum absolute atomic E-state index is 0.228. The molecule has 0 radical (unpaired) electrons. The predicted octanol–water partition coefficient (Wildman–Crippen LogP) is 2.79. The fraction of sp³-hybridized carbons (Fsp3) is 0.250. The van der Waals surface area contributed by atoms with Gasteiger partial charge in [-0.05, 0) is 31.2 Å². The molecule has 0 amide bonds. The van der Waals surface area contributed by atoms with Crippen LogP contribution in [-0.4, -0.2) is 15.9 Å². The van der Waals surface area contributed by atoms with E-state index in [-0.39, 0.29) is 11.8 Å². The van der Waals surface area contributed by atoms with Gasteiger partial charge >= 0.3 is 6.36 Å². The Bertz CT molecular complexity index is 546. The number of rotatable bonds is 3. The predicted molar refractivity (Wildman–Crippen MR) is 62.8 cm³/mol. The summed E-state index contributed by atoms with van der Waals surface area (Å²) < 4.78 is 41.6. The van der Waals surface area contributed by atoms with E-state index in [1.54, 1.807) is 24.0 Å². The van der Waals surface area contributed by atoms with Crippen LogP contribution in [0.3, 0.4) is 0 Å². The van der Waals surface area contributed by atoms with E-state index < -0.39 is 6.36 Å². The number of hydrogen-bond donors (Lipinski definition) is 1. The smallest absolute Gasteiger partial charge is 0.406 e. The van der Waals surface area contributed by atoms with Crippen molar-refractivity contribution < 1.29 is 17.9 Å². The molecule has 0 spiro atoms.